The molecule has 2 aromatic carbocycles. The van der Waals surface area contributed by atoms with Crippen LogP contribution in [0.5, 0.6) is 5.75 Å². The van der Waals surface area contributed by atoms with Crippen molar-refractivity contribution in [3.05, 3.63) is 53.6 Å². The molecule has 2 N–H and O–H groups in total. The number of aryl methyl sites for hydroxylation is 2. The fraction of sp³-hybridized carbons (Fsp3) is 0.278. The van der Waals surface area contributed by atoms with E-state index in [-0.39, 0.29) is 4.90 Å². The van der Waals surface area contributed by atoms with E-state index < -0.39 is 22.0 Å². The van der Waals surface area contributed by atoms with Gasteiger partial charge in [-0.3, -0.25) is 4.79 Å². The van der Waals surface area contributed by atoms with Crippen LogP contribution >= 0.6 is 0 Å². The smallest absolute Gasteiger partial charge is 0.242 e. The Morgan fingerprint density at radius 3 is 2.28 bits per heavy atom. The molecule has 134 valence electrons. The van der Waals surface area contributed by atoms with Crippen molar-refractivity contribution in [1.29, 1.82) is 0 Å². The van der Waals surface area contributed by atoms with Crippen LogP contribution in [0.3, 0.4) is 0 Å². The summed E-state index contributed by atoms with van der Waals surface area (Å²) in [6.45, 7) is 5.20. The van der Waals surface area contributed by atoms with Crippen LogP contribution in [0.2, 0.25) is 0 Å². The van der Waals surface area contributed by atoms with Crippen LogP contribution in [0, 0.1) is 13.8 Å². The largest absolute Gasteiger partial charge is 0.496 e. The van der Waals surface area contributed by atoms with E-state index in [4.69, 9.17) is 4.74 Å². The molecule has 0 saturated heterocycles. The number of ether oxygens (including phenoxy) is 1. The Bertz CT molecular complexity index is 861. The van der Waals surface area contributed by atoms with Crippen molar-refractivity contribution in [3.8, 4) is 5.75 Å². The molecule has 0 aliphatic heterocycles. The molecule has 7 heteroatoms. The zero-order valence-corrected chi connectivity index (χ0v) is 15.5. The second-order valence-corrected chi connectivity index (χ2v) is 7.54. The molecule has 0 bridgehead atoms. The van der Waals surface area contributed by atoms with Crippen LogP contribution in [0.15, 0.2) is 47.4 Å². The quantitative estimate of drug-likeness (QED) is 0.827. The molecule has 2 aromatic rings. The molecule has 0 aromatic heterocycles. The first-order valence-corrected chi connectivity index (χ1v) is 9.26. The number of anilines is 1. The number of hydrogen-bond donors (Lipinski definition) is 2. The highest BCUT2D eigenvalue weighted by molar-refractivity contribution is 7.89. The third kappa shape index (κ3) is 4.80. The van der Waals surface area contributed by atoms with Gasteiger partial charge in [0.25, 0.3) is 0 Å². The zero-order valence-electron chi connectivity index (χ0n) is 14.7. The Hall–Kier alpha value is -2.38. The first kappa shape index (κ1) is 19.0. The molecule has 0 heterocycles. The molecule has 0 aliphatic rings. The molecule has 1 unspecified atom stereocenters. The average Bonchev–Trinajstić information content (AvgIpc) is 2.56. The summed E-state index contributed by atoms with van der Waals surface area (Å²) < 4.78 is 32.4. The van der Waals surface area contributed by atoms with Crippen LogP contribution in [0.4, 0.5) is 5.69 Å². The van der Waals surface area contributed by atoms with Gasteiger partial charge in [0, 0.05) is 5.69 Å². The minimum absolute atomic E-state index is 0.0841. The SMILES string of the molecule is COc1ccc(S(=O)(=O)NC(C)C(=O)Nc2ccc(C)cc2)cc1C. The van der Waals surface area contributed by atoms with Gasteiger partial charge >= 0.3 is 0 Å². The van der Waals surface area contributed by atoms with Crippen LogP contribution in [-0.4, -0.2) is 27.5 Å². The maximum atomic E-state index is 12.5. The molecular weight excluding hydrogens is 340 g/mol. The van der Waals surface area contributed by atoms with Gasteiger partial charge in [-0.15, -0.1) is 0 Å². The molecule has 0 aliphatic carbocycles. The Morgan fingerprint density at radius 2 is 1.72 bits per heavy atom. The minimum Gasteiger partial charge on any atom is -0.496 e. The molecule has 0 spiro atoms. The highest BCUT2D eigenvalue weighted by atomic mass is 32.2. The molecular formula is C18H22N2O4S. The Labute approximate surface area is 148 Å². The summed E-state index contributed by atoms with van der Waals surface area (Å²) in [5, 5.41) is 2.69. The predicted molar refractivity (Wildman–Crippen MR) is 97.3 cm³/mol. The summed E-state index contributed by atoms with van der Waals surface area (Å²) in [7, 11) is -2.30. The van der Waals surface area contributed by atoms with E-state index in [2.05, 4.69) is 10.0 Å². The molecule has 6 nitrogen and oxygen atoms in total. The van der Waals surface area contributed by atoms with Crippen molar-refractivity contribution in [3.63, 3.8) is 0 Å². The van der Waals surface area contributed by atoms with Crippen molar-refractivity contribution in [2.45, 2.75) is 31.7 Å². The van der Waals surface area contributed by atoms with Crippen molar-refractivity contribution < 1.29 is 17.9 Å². The highest BCUT2D eigenvalue weighted by Gasteiger charge is 2.22. The Balaban J connectivity index is 2.09. The lowest BCUT2D eigenvalue weighted by Gasteiger charge is -2.15. The standard InChI is InChI=1S/C18H22N2O4S/c1-12-5-7-15(8-6-12)19-18(21)14(3)20-25(22,23)16-9-10-17(24-4)13(2)11-16/h5-11,14,20H,1-4H3,(H,19,21). The number of methoxy groups -OCH3 is 1. The number of hydrogen-bond acceptors (Lipinski definition) is 4. The van der Waals surface area contributed by atoms with Gasteiger partial charge in [-0.2, -0.15) is 4.72 Å². The van der Waals surface area contributed by atoms with E-state index in [0.29, 0.717) is 17.0 Å². The van der Waals surface area contributed by atoms with E-state index in [1.165, 1.54) is 26.2 Å². The van der Waals surface area contributed by atoms with Gasteiger partial charge < -0.3 is 10.1 Å². The molecule has 0 fully saturated rings. The van der Waals surface area contributed by atoms with Crippen molar-refractivity contribution in [1.82, 2.24) is 4.72 Å². The second kappa shape index (κ2) is 7.67. The molecule has 0 radical (unpaired) electrons. The van der Waals surface area contributed by atoms with Crippen molar-refractivity contribution in [2.75, 3.05) is 12.4 Å². The monoisotopic (exact) mass is 362 g/mol. The normalized spacial score (nSPS) is 12.5. The van der Waals surface area contributed by atoms with Crippen LogP contribution in [-0.2, 0) is 14.8 Å². The molecule has 1 atom stereocenters. The maximum absolute atomic E-state index is 12.5. The number of sulfonamides is 1. The summed E-state index contributed by atoms with van der Waals surface area (Å²) >= 11 is 0. The van der Waals surface area contributed by atoms with Gasteiger partial charge in [0.15, 0.2) is 0 Å². The summed E-state index contributed by atoms with van der Waals surface area (Å²) in [4.78, 5) is 12.3. The van der Waals surface area contributed by atoms with Crippen LogP contribution in [0.25, 0.3) is 0 Å². The van der Waals surface area contributed by atoms with Crippen molar-refractivity contribution in [2.24, 2.45) is 0 Å². The van der Waals surface area contributed by atoms with E-state index in [1.54, 1.807) is 25.1 Å². The highest BCUT2D eigenvalue weighted by Crippen LogP contribution is 2.21. The van der Waals surface area contributed by atoms with E-state index >= 15 is 0 Å². The lowest BCUT2D eigenvalue weighted by molar-refractivity contribution is -0.117. The Kier molecular flexibility index (Phi) is 5.81. The van der Waals surface area contributed by atoms with E-state index in [9.17, 15) is 13.2 Å². The lowest BCUT2D eigenvalue weighted by Crippen LogP contribution is -2.41. The van der Waals surface area contributed by atoms with E-state index in [1.807, 2.05) is 19.1 Å². The molecule has 0 saturated carbocycles. The number of carbonyl (C=O) groups excluding carboxylic acids is 1. The van der Waals surface area contributed by atoms with Crippen LogP contribution < -0.4 is 14.8 Å². The zero-order chi connectivity index (χ0) is 18.6. The number of rotatable bonds is 6. The summed E-state index contributed by atoms with van der Waals surface area (Å²) in [5.74, 6) is 0.168. The summed E-state index contributed by atoms with van der Waals surface area (Å²) in [6, 6.07) is 10.9. The predicted octanol–water partition coefficient (Wildman–Crippen LogP) is 2.62. The first-order chi connectivity index (χ1) is 11.7. The average molecular weight is 362 g/mol. The minimum atomic E-state index is -3.82. The summed E-state index contributed by atoms with van der Waals surface area (Å²) in [5.41, 5.74) is 2.38. The third-order valence-corrected chi connectivity index (χ3v) is 5.26. The topological polar surface area (TPSA) is 84.5 Å². The van der Waals surface area contributed by atoms with Gasteiger partial charge in [-0.05, 0) is 56.7 Å². The first-order valence-electron chi connectivity index (χ1n) is 7.77. The fourth-order valence-corrected chi connectivity index (χ4v) is 3.55. The van der Waals surface area contributed by atoms with E-state index in [0.717, 1.165) is 5.56 Å². The summed E-state index contributed by atoms with van der Waals surface area (Å²) in [6.07, 6.45) is 0. The lowest BCUT2D eigenvalue weighted by atomic mass is 10.2. The van der Waals surface area contributed by atoms with Crippen molar-refractivity contribution >= 4 is 21.6 Å². The number of nitrogens with one attached hydrogen (secondary N) is 2. The fourth-order valence-electron chi connectivity index (χ4n) is 2.26. The molecule has 1 amide bonds. The van der Waals surface area contributed by atoms with Gasteiger partial charge in [0.2, 0.25) is 15.9 Å². The molecule has 2 rings (SSSR count). The van der Waals surface area contributed by atoms with Gasteiger partial charge in [-0.25, -0.2) is 8.42 Å². The molecule has 25 heavy (non-hydrogen) atoms. The Morgan fingerprint density at radius 1 is 1.08 bits per heavy atom. The van der Waals surface area contributed by atoms with Gasteiger partial charge in [0.05, 0.1) is 18.0 Å². The maximum Gasteiger partial charge on any atom is 0.242 e. The number of amides is 1. The van der Waals surface area contributed by atoms with Crippen LogP contribution in [0.1, 0.15) is 18.1 Å². The number of benzene rings is 2. The van der Waals surface area contributed by atoms with Gasteiger partial charge in [-0.1, -0.05) is 17.7 Å². The van der Waals surface area contributed by atoms with Gasteiger partial charge in [0.1, 0.15) is 5.75 Å². The second-order valence-electron chi connectivity index (χ2n) is 5.83. The third-order valence-electron chi connectivity index (χ3n) is 3.72. The number of carbonyl (C=O) groups is 1.